The van der Waals surface area contributed by atoms with E-state index in [1.165, 1.54) is 12.1 Å². The molecule has 21 heavy (non-hydrogen) atoms. The second-order valence-electron chi connectivity index (χ2n) is 4.36. The topological polar surface area (TPSA) is 69.7 Å². The van der Waals surface area contributed by atoms with Crippen LogP contribution in [-0.4, -0.2) is 27.6 Å². The van der Waals surface area contributed by atoms with Crippen molar-refractivity contribution in [2.75, 3.05) is 13.2 Å². The Morgan fingerprint density at radius 2 is 1.86 bits per heavy atom. The quantitative estimate of drug-likeness (QED) is 0.319. The lowest BCUT2D eigenvalue weighted by Gasteiger charge is -2.04. The van der Waals surface area contributed by atoms with E-state index in [2.05, 4.69) is 0 Å². The molecule has 0 spiro atoms. The number of esters is 1. The van der Waals surface area contributed by atoms with Gasteiger partial charge in [0.15, 0.2) is 0 Å². The van der Waals surface area contributed by atoms with Crippen LogP contribution in [0.15, 0.2) is 41.3 Å². The third kappa shape index (κ3) is 6.55. The predicted molar refractivity (Wildman–Crippen MR) is 79.3 cm³/mol. The van der Waals surface area contributed by atoms with Crippen LogP contribution in [0, 0.1) is 6.92 Å². The molecule has 6 heteroatoms. The molecule has 5 nitrogen and oxygen atoms in total. The molecule has 0 atom stereocenters. The minimum atomic E-state index is -3.71. The highest BCUT2D eigenvalue weighted by Gasteiger charge is 2.13. The molecule has 0 radical (unpaired) electrons. The molecule has 0 fully saturated rings. The van der Waals surface area contributed by atoms with Crippen molar-refractivity contribution >= 4 is 16.1 Å². The van der Waals surface area contributed by atoms with E-state index in [1.54, 1.807) is 31.2 Å². The van der Waals surface area contributed by atoms with Gasteiger partial charge in [-0.2, -0.15) is 8.42 Å². The third-order valence-corrected chi connectivity index (χ3v) is 3.92. The summed E-state index contributed by atoms with van der Waals surface area (Å²) in [6.45, 7) is 4.01. The summed E-state index contributed by atoms with van der Waals surface area (Å²) in [6, 6.07) is 6.47. The lowest BCUT2D eigenvalue weighted by atomic mass is 10.2. The molecular formula is C15H20O5S. The lowest BCUT2D eigenvalue weighted by Crippen LogP contribution is -2.07. The van der Waals surface area contributed by atoms with Crippen molar-refractivity contribution in [3.05, 3.63) is 42.0 Å². The maximum Gasteiger partial charge on any atom is 0.309 e. The molecule has 116 valence electrons. The summed E-state index contributed by atoms with van der Waals surface area (Å²) in [5.41, 5.74) is 0.982. The van der Waals surface area contributed by atoms with Gasteiger partial charge in [0.05, 0.1) is 24.5 Å². The van der Waals surface area contributed by atoms with E-state index in [4.69, 9.17) is 8.92 Å². The SMILES string of the molecule is CCOC(=O)C/C=C/CCOS(=O)(=O)c1ccc(C)cc1. The number of carbonyl (C=O) groups is 1. The Bertz CT molecular complexity index is 573. The van der Waals surface area contributed by atoms with E-state index in [1.807, 2.05) is 6.92 Å². The number of hydrogen-bond donors (Lipinski definition) is 0. The first-order valence-corrected chi connectivity index (χ1v) is 8.13. The number of hydrogen-bond acceptors (Lipinski definition) is 5. The molecule has 1 aromatic carbocycles. The molecule has 1 rings (SSSR count). The maximum absolute atomic E-state index is 11.8. The fourth-order valence-electron chi connectivity index (χ4n) is 1.52. The third-order valence-electron chi connectivity index (χ3n) is 2.59. The summed E-state index contributed by atoms with van der Waals surface area (Å²) in [5.74, 6) is -0.304. The van der Waals surface area contributed by atoms with Gasteiger partial charge in [0.25, 0.3) is 10.1 Å². The monoisotopic (exact) mass is 312 g/mol. The van der Waals surface area contributed by atoms with Crippen LogP contribution in [0.25, 0.3) is 0 Å². The van der Waals surface area contributed by atoms with E-state index in [-0.39, 0.29) is 23.9 Å². The molecule has 0 heterocycles. The zero-order chi connectivity index (χ0) is 15.7. The van der Waals surface area contributed by atoms with Gasteiger partial charge >= 0.3 is 5.97 Å². The van der Waals surface area contributed by atoms with Crippen LogP contribution >= 0.6 is 0 Å². The first kappa shape index (κ1) is 17.4. The molecule has 0 saturated carbocycles. The largest absolute Gasteiger partial charge is 0.466 e. The molecule has 0 aliphatic carbocycles. The molecule has 0 aliphatic rings. The first-order valence-electron chi connectivity index (χ1n) is 6.72. The highest BCUT2D eigenvalue weighted by Crippen LogP contribution is 2.13. The van der Waals surface area contributed by atoms with Gasteiger partial charge in [0.2, 0.25) is 0 Å². The fraction of sp³-hybridized carbons (Fsp3) is 0.400. The molecule has 0 N–H and O–H groups in total. The molecular weight excluding hydrogens is 292 g/mol. The van der Waals surface area contributed by atoms with Crippen molar-refractivity contribution in [2.24, 2.45) is 0 Å². The molecule has 0 bridgehead atoms. The molecule has 0 saturated heterocycles. The van der Waals surface area contributed by atoms with Crippen LogP contribution in [0.1, 0.15) is 25.3 Å². The van der Waals surface area contributed by atoms with Gasteiger partial charge in [-0.25, -0.2) is 0 Å². The van der Waals surface area contributed by atoms with Crippen molar-refractivity contribution in [2.45, 2.75) is 31.6 Å². The zero-order valence-corrected chi connectivity index (χ0v) is 13.1. The van der Waals surface area contributed by atoms with Gasteiger partial charge in [0, 0.05) is 0 Å². The van der Waals surface area contributed by atoms with Crippen LogP contribution < -0.4 is 0 Å². The number of aryl methyl sites for hydroxylation is 1. The number of carbonyl (C=O) groups excluding carboxylic acids is 1. The smallest absolute Gasteiger partial charge is 0.309 e. The zero-order valence-electron chi connectivity index (χ0n) is 12.2. The van der Waals surface area contributed by atoms with Crippen molar-refractivity contribution in [3.8, 4) is 0 Å². The van der Waals surface area contributed by atoms with E-state index in [0.29, 0.717) is 13.0 Å². The van der Waals surface area contributed by atoms with Crippen molar-refractivity contribution in [1.82, 2.24) is 0 Å². The van der Waals surface area contributed by atoms with Gasteiger partial charge in [-0.1, -0.05) is 29.8 Å². The normalized spacial score (nSPS) is 11.7. The van der Waals surface area contributed by atoms with Crippen molar-refractivity contribution in [1.29, 1.82) is 0 Å². The summed E-state index contributed by atoms with van der Waals surface area (Å²) >= 11 is 0. The summed E-state index contributed by atoms with van der Waals surface area (Å²) in [7, 11) is -3.71. The summed E-state index contributed by atoms with van der Waals surface area (Å²) in [4.78, 5) is 11.2. The summed E-state index contributed by atoms with van der Waals surface area (Å²) in [6.07, 6.45) is 3.92. The minimum absolute atomic E-state index is 0.0372. The highest BCUT2D eigenvalue weighted by molar-refractivity contribution is 7.86. The fourth-order valence-corrected chi connectivity index (χ4v) is 2.44. The Balaban J connectivity index is 2.36. The molecule has 0 unspecified atom stereocenters. The Labute approximate surface area is 125 Å². The highest BCUT2D eigenvalue weighted by atomic mass is 32.2. The Morgan fingerprint density at radius 3 is 2.48 bits per heavy atom. The van der Waals surface area contributed by atoms with E-state index < -0.39 is 10.1 Å². The summed E-state index contributed by atoms with van der Waals surface area (Å²) in [5, 5.41) is 0. The first-order chi connectivity index (χ1) is 9.95. The van der Waals surface area contributed by atoms with Crippen molar-refractivity contribution < 1.29 is 22.1 Å². The van der Waals surface area contributed by atoms with E-state index >= 15 is 0 Å². The summed E-state index contributed by atoms with van der Waals surface area (Å²) < 4.78 is 33.4. The number of rotatable bonds is 8. The Morgan fingerprint density at radius 1 is 1.19 bits per heavy atom. The second-order valence-corrected chi connectivity index (χ2v) is 5.97. The van der Waals surface area contributed by atoms with Gasteiger partial charge in [-0.15, -0.1) is 0 Å². The van der Waals surface area contributed by atoms with Crippen LogP contribution in [0.4, 0.5) is 0 Å². The molecule has 0 aliphatic heterocycles. The van der Waals surface area contributed by atoms with Gasteiger partial charge in [-0.05, 0) is 32.4 Å². The van der Waals surface area contributed by atoms with Gasteiger partial charge in [0.1, 0.15) is 0 Å². The lowest BCUT2D eigenvalue weighted by molar-refractivity contribution is -0.142. The molecule has 0 aromatic heterocycles. The average Bonchev–Trinajstić information content (AvgIpc) is 2.43. The van der Waals surface area contributed by atoms with Crippen LogP contribution in [0.3, 0.4) is 0 Å². The molecule has 1 aromatic rings. The van der Waals surface area contributed by atoms with Crippen LogP contribution in [0.5, 0.6) is 0 Å². The van der Waals surface area contributed by atoms with Crippen molar-refractivity contribution in [3.63, 3.8) is 0 Å². The van der Waals surface area contributed by atoms with Crippen LogP contribution in [0.2, 0.25) is 0 Å². The average molecular weight is 312 g/mol. The second kappa shape index (κ2) is 8.59. The number of benzene rings is 1. The Kier molecular flexibility index (Phi) is 7.11. The van der Waals surface area contributed by atoms with Crippen LogP contribution in [-0.2, 0) is 23.8 Å². The predicted octanol–water partition coefficient (Wildman–Crippen LogP) is 2.60. The minimum Gasteiger partial charge on any atom is -0.466 e. The maximum atomic E-state index is 11.8. The molecule has 0 amide bonds. The van der Waals surface area contributed by atoms with E-state index in [9.17, 15) is 13.2 Å². The van der Waals surface area contributed by atoms with Gasteiger partial charge < -0.3 is 4.74 Å². The standard InChI is InChI=1S/C15H20O5S/c1-3-19-15(16)7-5-4-6-12-20-21(17,18)14-10-8-13(2)9-11-14/h4-5,8-11H,3,6-7,12H2,1-2H3/b5-4+. The van der Waals surface area contributed by atoms with Gasteiger partial charge in [-0.3, -0.25) is 8.98 Å². The Hall–Kier alpha value is -1.66. The van der Waals surface area contributed by atoms with E-state index in [0.717, 1.165) is 5.56 Å². The number of ether oxygens (including phenoxy) is 1.